The first-order valence-corrected chi connectivity index (χ1v) is 22.7. The van der Waals surface area contributed by atoms with Gasteiger partial charge in [-0.3, -0.25) is 0 Å². The fourth-order valence-electron chi connectivity index (χ4n) is 5.71. The molecular weight excluding hydrogens is 1000 g/mol. The Hall–Kier alpha value is -3.22. The highest BCUT2D eigenvalue weighted by Gasteiger charge is 2.09. The first-order chi connectivity index (χ1) is 26.4. The molecule has 0 radical (unpaired) electrons. The van der Waals surface area contributed by atoms with Crippen molar-refractivity contribution in [3.05, 3.63) is 197 Å². The fraction of sp³-hybridized carbons (Fsp3) is 0.0435. The molecule has 0 aliphatic carbocycles. The second-order valence-corrected chi connectivity index (χ2v) is 13.4. The van der Waals surface area contributed by atoms with Gasteiger partial charge in [0.15, 0.2) is 0 Å². The minimum atomic E-state index is -1.41. The highest BCUT2D eigenvalue weighted by atomic mass is 127. The summed E-state index contributed by atoms with van der Waals surface area (Å²) in [7, 11) is -1.41. The lowest BCUT2D eigenvalue weighted by Crippen LogP contribution is -2.29. The van der Waals surface area contributed by atoms with Gasteiger partial charge in [0.25, 0.3) is 0 Å². The Labute approximate surface area is 364 Å². The highest BCUT2D eigenvalue weighted by Crippen LogP contribution is 2.33. The third-order valence-corrected chi connectivity index (χ3v) is 9.24. The molecule has 0 fully saturated rings. The standard InChI is InChI=1S/C22H15Cl.C16H11Br.C6H6BClO2.2CH3I/c23-20-13-11-16(12-14-20)19-10-9-18-7-4-8-21(22(18)15-19)17-5-2-1-3-6-17;17-14-10-9-13-7-4-8-15(16(13)11-14)12-5-2-1-3-6-12;8-6-3-1-5(2-4-6)7(9)10;2*1-2/h1-15H;1-11H;1-4,9-10H;2*1H3. The van der Waals surface area contributed by atoms with Crippen molar-refractivity contribution in [3.8, 4) is 33.4 Å². The summed E-state index contributed by atoms with van der Waals surface area (Å²) < 4.78 is 1.12. The van der Waals surface area contributed by atoms with Crippen molar-refractivity contribution < 1.29 is 10.0 Å². The van der Waals surface area contributed by atoms with Crippen LogP contribution in [-0.2, 0) is 0 Å². The molecule has 2 N–H and O–H groups in total. The smallest absolute Gasteiger partial charge is 0.423 e. The third-order valence-electron chi connectivity index (χ3n) is 8.24. The zero-order valence-electron chi connectivity index (χ0n) is 29.7. The van der Waals surface area contributed by atoms with Gasteiger partial charge in [-0.25, -0.2) is 0 Å². The van der Waals surface area contributed by atoms with Gasteiger partial charge in [-0.1, -0.05) is 224 Å². The Kier molecular flexibility index (Phi) is 18.5. The lowest BCUT2D eigenvalue weighted by molar-refractivity contribution is 0.426. The molecule has 0 saturated heterocycles. The van der Waals surface area contributed by atoms with Crippen LogP contribution in [0, 0.1) is 0 Å². The van der Waals surface area contributed by atoms with Crippen molar-refractivity contribution in [2.45, 2.75) is 0 Å². The number of fused-ring (bicyclic) bond motifs is 2. The molecule has 272 valence electrons. The molecule has 0 aromatic heterocycles. The molecular formula is C46H38BBrCl2I2O2. The van der Waals surface area contributed by atoms with E-state index in [1.54, 1.807) is 24.3 Å². The molecule has 8 aromatic carbocycles. The number of alkyl halides is 2. The fourth-order valence-corrected chi connectivity index (χ4v) is 6.33. The predicted molar refractivity (Wildman–Crippen MR) is 258 cm³/mol. The zero-order chi connectivity index (χ0) is 38.9. The highest BCUT2D eigenvalue weighted by molar-refractivity contribution is 14.1. The van der Waals surface area contributed by atoms with E-state index >= 15 is 0 Å². The second-order valence-electron chi connectivity index (χ2n) is 11.6. The first kappa shape index (κ1) is 43.5. The van der Waals surface area contributed by atoms with Gasteiger partial charge in [0.05, 0.1) is 0 Å². The number of benzene rings is 8. The van der Waals surface area contributed by atoms with Gasteiger partial charge in [0.2, 0.25) is 0 Å². The summed E-state index contributed by atoms with van der Waals surface area (Å²) in [5.41, 5.74) is 7.88. The van der Waals surface area contributed by atoms with Crippen LogP contribution in [0.1, 0.15) is 0 Å². The molecule has 0 unspecified atom stereocenters. The van der Waals surface area contributed by atoms with Crippen LogP contribution in [0.2, 0.25) is 10.0 Å². The van der Waals surface area contributed by atoms with Crippen molar-refractivity contribution >= 4 is 118 Å². The first-order valence-electron chi connectivity index (χ1n) is 16.8. The van der Waals surface area contributed by atoms with E-state index in [1.165, 1.54) is 54.9 Å². The number of hydrogen-bond acceptors (Lipinski definition) is 2. The van der Waals surface area contributed by atoms with Gasteiger partial charge in [-0.15, -0.1) is 0 Å². The van der Waals surface area contributed by atoms with Crippen LogP contribution in [0.4, 0.5) is 0 Å². The number of halogens is 5. The molecule has 8 aromatic rings. The largest absolute Gasteiger partial charge is 0.488 e. The normalized spacial score (nSPS) is 9.94. The van der Waals surface area contributed by atoms with Crippen LogP contribution in [0.15, 0.2) is 186 Å². The SMILES string of the molecule is Brc1ccc2cccc(-c3ccccc3)c2c1.CI.CI.Clc1ccc(-c2ccc3cccc(-c4ccccc4)c3c2)cc1.OB(O)c1ccc(Cl)cc1. The van der Waals surface area contributed by atoms with E-state index < -0.39 is 7.12 Å². The Bertz CT molecular complexity index is 2330. The van der Waals surface area contributed by atoms with Crippen LogP contribution in [0.3, 0.4) is 0 Å². The van der Waals surface area contributed by atoms with Gasteiger partial charge in [-0.2, -0.15) is 0 Å². The van der Waals surface area contributed by atoms with E-state index in [-0.39, 0.29) is 0 Å². The zero-order valence-corrected chi connectivity index (χ0v) is 37.1. The van der Waals surface area contributed by atoms with Crippen molar-refractivity contribution in [2.24, 2.45) is 0 Å². The van der Waals surface area contributed by atoms with Crippen molar-refractivity contribution in [3.63, 3.8) is 0 Å². The van der Waals surface area contributed by atoms with Gasteiger partial charge in [0.1, 0.15) is 0 Å². The monoisotopic (exact) mass is 1040 g/mol. The molecule has 2 nitrogen and oxygen atoms in total. The molecule has 8 heteroatoms. The summed E-state index contributed by atoms with van der Waals surface area (Å²) in [6.45, 7) is 0. The van der Waals surface area contributed by atoms with E-state index in [1.807, 2.05) is 34.1 Å². The molecule has 0 aliphatic heterocycles. The van der Waals surface area contributed by atoms with E-state index in [0.29, 0.717) is 10.5 Å². The molecule has 0 bridgehead atoms. The van der Waals surface area contributed by atoms with Crippen LogP contribution in [0.25, 0.3) is 54.9 Å². The lowest BCUT2D eigenvalue weighted by atomic mass is 9.81. The molecule has 0 atom stereocenters. The average molecular weight is 1040 g/mol. The minimum absolute atomic E-state index is 0.449. The molecule has 0 saturated carbocycles. The second kappa shape index (κ2) is 23.0. The topological polar surface area (TPSA) is 40.5 Å². The average Bonchev–Trinajstić information content (AvgIpc) is 3.23. The van der Waals surface area contributed by atoms with Gasteiger partial charge < -0.3 is 10.0 Å². The van der Waals surface area contributed by atoms with Crippen molar-refractivity contribution in [1.82, 2.24) is 0 Å². The number of hydrogen-bond donors (Lipinski definition) is 2. The summed E-state index contributed by atoms with van der Waals surface area (Å²) in [5, 5.41) is 23.7. The summed E-state index contributed by atoms with van der Waals surface area (Å²) in [6.07, 6.45) is 0. The van der Waals surface area contributed by atoms with E-state index in [0.717, 1.165) is 9.50 Å². The van der Waals surface area contributed by atoms with Gasteiger partial charge in [0, 0.05) is 14.5 Å². The summed E-state index contributed by atoms with van der Waals surface area (Å²) >= 11 is 19.4. The van der Waals surface area contributed by atoms with E-state index in [2.05, 4.69) is 195 Å². The Morgan fingerprint density at radius 1 is 0.426 bits per heavy atom. The van der Waals surface area contributed by atoms with Crippen LogP contribution in [-0.4, -0.2) is 27.0 Å². The maximum atomic E-state index is 8.63. The van der Waals surface area contributed by atoms with Gasteiger partial charge >= 0.3 is 7.12 Å². The van der Waals surface area contributed by atoms with E-state index in [4.69, 9.17) is 33.2 Å². The Morgan fingerprint density at radius 2 is 0.852 bits per heavy atom. The maximum absolute atomic E-state index is 8.63. The molecule has 8 rings (SSSR count). The van der Waals surface area contributed by atoms with Gasteiger partial charge in [-0.05, 0) is 113 Å². The lowest BCUT2D eigenvalue weighted by Gasteiger charge is -2.09. The van der Waals surface area contributed by atoms with Crippen LogP contribution in [0.5, 0.6) is 0 Å². The summed E-state index contributed by atoms with van der Waals surface area (Å²) in [6, 6.07) is 61.3. The molecule has 54 heavy (non-hydrogen) atoms. The molecule has 0 aliphatic rings. The van der Waals surface area contributed by atoms with Crippen LogP contribution >= 0.6 is 84.3 Å². The van der Waals surface area contributed by atoms with E-state index in [9.17, 15) is 0 Å². The molecule has 0 amide bonds. The maximum Gasteiger partial charge on any atom is 0.488 e. The third kappa shape index (κ3) is 12.4. The van der Waals surface area contributed by atoms with Crippen molar-refractivity contribution in [1.29, 1.82) is 0 Å². The summed E-state index contributed by atoms with van der Waals surface area (Å²) in [4.78, 5) is 3.94. The quantitative estimate of drug-likeness (QED) is 0.105. The predicted octanol–water partition coefficient (Wildman–Crippen LogP) is 14.2. The van der Waals surface area contributed by atoms with Crippen LogP contribution < -0.4 is 5.46 Å². The summed E-state index contributed by atoms with van der Waals surface area (Å²) in [5.74, 6) is 0. The number of rotatable bonds is 4. The van der Waals surface area contributed by atoms with Crippen molar-refractivity contribution in [2.75, 3.05) is 9.86 Å². The molecule has 0 heterocycles. The Morgan fingerprint density at radius 3 is 1.33 bits per heavy atom. The Balaban J connectivity index is 0.000000184. The molecule has 0 spiro atoms. The minimum Gasteiger partial charge on any atom is -0.423 e.